The number of nitrogens with one attached hydrogen (secondary N) is 1. The minimum Gasteiger partial charge on any atom is -0.382 e. The van der Waals surface area contributed by atoms with Gasteiger partial charge in [-0.2, -0.15) is 0 Å². The maximum atomic E-state index is 12.1. The molecule has 0 bridgehead atoms. The zero-order valence-electron chi connectivity index (χ0n) is 11.2. The van der Waals surface area contributed by atoms with Crippen molar-refractivity contribution in [2.24, 2.45) is 5.92 Å². The zero-order chi connectivity index (χ0) is 13.8. The van der Waals surface area contributed by atoms with Crippen LogP contribution in [0.5, 0.6) is 0 Å². The van der Waals surface area contributed by atoms with Gasteiger partial charge >= 0.3 is 0 Å². The highest BCUT2D eigenvalue weighted by Gasteiger charge is 2.22. The Morgan fingerprint density at radius 1 is 1.47 bits per heavy atom. The molecule has 1 saturated carbocycles. The first-order chi connectivity index (χ1) is 9.08. The van der Waals surface area contributed by atoms with Crippen LogP contribution in [0.15, 0.2) is 12.3 Å². The highest BCUT2D eigenvalue weighted by atomic mass is 35.5. The second kappa shape index (κ2) is 6.24. The van der Waals surface area contributed by atoms with Crippen molar-refractivity contribution in [3.63, 3.8) is 0 Å². The summed E-state index contributed by atoms with van der Waals surface area (Å²) in [6, 6.07) is 1.75. The summed E-state index contributed by atoms with van der Waals surface area (Å²) in [5, 5.41) is 3.35. The van der Waals surface area contributed by atoms with Crippen LogP contribution in [0.1, 0.15) is 49.4 Å². The largest absolute Gasteiger partial charge is 0.382 e. The molecule has 0 saturated heterocycles. The number of halogens is 1. The molecule has 1 aromatic rings. The number of hydrogen-bond acceptors (Lipinski definition) is 3. The number of rotatable bonds is 3. The third kappa shape index (κ3) is 3.60. The first-order valence-electron chi connectivity index (χ1n) is 6.80. The van der Waals surface area contributed by atoms with E-state index in [0.717, 1.165) is 0 Å². The van der Waals surface area contributed by atoms with Crippen molar-refractivity contribution in [2.45, 2.75) is 45.1 Å². The van der Waals surface area contributed by atoms with Crippen molar-refractivity contribution in [2.75, 3.05) is 5.73 Å². The molecule has 104 valence electrons. The second-order valence-electron chi connectivity index (χ2n) is 5.25. The number of nitrogen functional groups attached to an aromatic ring is 1. The number of aromatic nitrogens is 1. The molecule has 5 heteroatoms. The minimum atomic E-state index is -0.132. The maximum Gasteiger partial charge on any atom is 0.253 e. The molecule has 0 spiro atoms. The summed E-state index contributed by atoms with van der Waals surface area (Å²) in [6.07, 6.45) is 7.70. The third-order valence-corrected chi connectivity index (χ3v) is 4.15. The molecule has 1 amide bonds. The van der Waals surface area contributed by atoms with Gasteiger partial charge in [0.2, 0.25) is 0 Å². The number of nitrogens with two attached hydrogens (primary N) is 1. The van der Waals surface area contributed by atoms with Crippen LogP contribution in [0.4, 0.5) is 5.82 Å². The fraction of sp³-hybridized carbons (Fsp3) is 0.571. The monoisotopic (exact) mass is 281 g/mol. The summed E-state index contributed by atoms with van der Waals surface area (Å²) in [7, 11) is 0. The van der Waals surface area contributed by atoms with Gasteiger partial charge in [-0.3, -0.25) is 4.79 Å². The zero-order valence-corrected chi connectivity index (χ0v) is 11.9. The molecule has 1 aliphatic carbocycles. The van der Waals surface area contributed by atoms with Gasteiger partial charge in [-0.05, 0) is 31.7 Å². The lowest BCUT2D eigenvalue weighted by atomic mass is 9.84. The van der Waals surface area contributed by atoms with Crippen LogP contribution in [-0.4, -0.2) is 16.9 Å². The molecule has 0 aromatic carbocycles. The summed E-state index contributed by atoms with van der Waals surface area (Å²) in [5.74, 6) is 0.695. The van der Waals surface area contributed by atoms with E-state index in [2.05, 4.69) is 17.2 Å². The number of nitrogens with zero attached hydrogens (tertiary/aromatic N) is 1. The molecule has 1 fully saturated rings. The van der Waals surface area contributed by atoms with E-state index < -0.39 is 0 Å². The molecule has 4 nitrogen and oxygen atoms in total. The van der Waals surface area contributed by atoms with Crippen molar-refractivity contribution >= 4 is 23.3 Å². The molecular formula is C14H20ClN3O. The van der Waals surface area contributed by atoms with Crippen LogP contribution >= 0.6 is 11.6 Å². The third-order valence-electron chi connectivity index (χ3n) is 3.85. The quantitative estimate of drug-likeness (QED) is 0.895. The van der Waals surface area contributed by atoms with Crippen molar-refractivity contribution in [1.82, 2.24) is 10.3 Å². The molecular weight excluding hydrogens is 262 g/mol. The van der Waals surface area contributed by atoms with Crippen molar-refractivity contribution in [3.05, 3.63) is 22.8 Å². The number of amides is 1. The van der Waals surface area contributed by atoms with E-state index in [9.17, 15) is 4.79 Å². The normalized spacial score (nSPS) is 18.0. The summed E-state index contributed by atoms with van der Waals surface area (Å²) < 4.78 is 0. The van der Waals surface area contributed by atoms with Crippen LogP contribution in [0.2, 0.25) is 5.02 Å². The average Bonchev–Trinajstić information content (AvgIpc) is 2.42. The predicted octanol–water partition coefficient (Wildman–Crippen LogP) is 3.02. The van der Waals surface area contributed by atoms with Gasteiger partial charge < -0.3 is 11.1 Å². The van der Waals surface area contributed by atoms with E-state index in [-0.39, 0.29) is 17.8 Å². The predicted molar refractivity (Wildman–Crippen MR) is 77.2 cm³/mol. The van der Waals surface area contributed by atoms with Gasteiger partial charge in [0, 0.05) is 12.2 Å². The minimum absolute atomic E-state index is 0.132. The van der Waals surface area contributed by atoms with E-state index in [1.54, 1.807) is 6.07 Å². The summed E-state index contributed by atoms with van der Waals surface area (Å²) in [6.45, 7) is 2.07. The van der Waals surface area contributed by atoms with E-state index >= 15 is 0 Å². The standard InChI is InChI=1S/C14H20ClN3O/c1-9(10-5-3-2-4-6-10)18-14(19)11-7-12(15)13(16)17-8-11/h7-10H,2-6H2,1H3,(H2,16,17)(H,18,19). The number of carbonyl (C=O) groups is 1. The molecule has 1 unspecified atom stereocenters. The second-order valence-corrected chi connectivity index (χ2v) is 5.66. The van der Waals surface area contributed by atoms with Crippen LogP contribution in [0, 0.1) is 5.92 Å². The van der Waals surface area contributed by atoms with Crippen LogP contribution in [0.25, 0.3) is 0 Å². The van der Waals surface area contributed by atoms with Gasteiger partial charge in [0.25, 0.3) is 5.91 Å². The van der Waals surface area contributed by atoms with Crippen LogP contribution in [0.3, 0.4) is 0 Å². The summed E-state index contributed by atoms with van der Waals surface area (Å²) in [4.78, 5) is 16.0. The molecule has 1 aromatic heterocycles. The topological polar surface area (TPSA) is 68.0 Å². The Hall–Kier alpha value is -1.29. The lowest BCUT2D eigenvalue weighted by molar-refractivity contribution is 0.0919. The lowest BCUT2D eigenvalue weighted by Crippen LogP contribution is -2.38. The molecule has 3 N–H and O–H groups in total. The van der Waals surface area contributed by atoms with Gasteiger partial charge in [0.1, 0.15) is 5.82 Å². The smallest absolute Gasteiger partial charge is 0.253 e. The fourth-order valence-corrected chi connectivity index (χ4v) is 2.78. The first-order valence-corrected chi connectivity index (χ1v) is 7.17. The van der Waals surface area contributed by atoms with Crippen molar-refractivity contribution in [3.8, 4) is 0 Å². The molecule has 1 atom stereocenters. The van der Waals surface area contributed by atoms with Gasteiger partial charge in [-0.1, -0.05) is 30.9 Å². The molecule has 1 aliphatic rings. The highest BCUT2D eigenvalue weighted by Crippen LogP contribution is 2.26. The Bertz CT molecular complexity index is 458. The number of hydrogen-bond donors (Lipinski definition) is 2. The fourth-order valence-electron chi connectivity index (χ4n) is 2.61. The van der Waals surface area contributed by atoms with E-state index in [1.165, 1.54) is 38.3 Å². The van der Waals surface area contributed by atoms with Gasteiger partial charge in [-0.25, -0.2) is 4.98 Å². The van der Waals surface area contributed by atoms with Gasteiger partial charge in [0.05, 0.1) is 10.6 Å². The van der Waals surface area contributed by atoms with E-state index in [4.69, 9.17) is 17.3 Å². The van der Waals surface area contributed by atoms with Crippen LogP contribution in [-0.2, 0) is 0 Å². The molecule has 2 rings (SSSR count). The summed E-state index contributed by atoms with van der Waals surface area (Å²) >= 11 is 5.88. The average molecular weight is 282 g/mol. The van der Waals surface area contributed by atoms with Gasteiger partial charge in [0.15, 0.2) is 0 Å². The number of pyridine rings is 1. The Morgan fingerprint density at radius 2 is 2.16 bits per heavy atom. The maximum absolute atomic E-state index is 12.1. The van der Waals surface area contributed by atoms with Crippen molar-refractivity contribution < 1.29 is 4.79 Å². The van der Waals surface area contributed by atoms with E-state index in [1.807, 2.05) is 0 Å². The number of carbonyl (C=O) groups excluding carboxylic acids is 1. The van der Waals surface area contributed by atoms with Gasteiger partial charge in [-0.15, -0.1) is 0 Å². The molecule has 19 heavy (non-hydrogen) atoms. The van der Waals surface area contributed by atoms with E-state index in [0.29, 0.717) is 16.5 Å². The SMILES string of the molecule is CC(NC(=O)c1cnc(N)c(Cl)c1)C1CCCCC1. The molecule has 0 radical (unpaired) electrons. The Morgan fingerprint density at radius 3 is 2.79 bits per heavy atom. The van der Waals surface area contributed by atoms with Crippen molar-refractivity contribution in [1.29, 1.82) is 0 Å². The lowest BCUT2D eigenvalue weighted by Gasteiger charge is -2.28. The highest BCUT2D eigenvalue weighted by molar-refractivity contribution is 6.33. The molecule has 1 heterocycles. The first kappa shape index (κ1) is 14.1. The number of anilines is 1. The van der Waals surface area contributed by atoms with Crippen LogP contribution < -0.4 is 11.1 Å². The summed E-state index contributed by atoms with van der Waals surface area (Å²) in [5.41, 5.74) is 5.99. The Balaban J connectivity index is 1.97. The Kier molecular flexibility index (Phi) is 4.64. The molecule has 0 aliphatic heterocycles. The Labute approximate surface area is 118 Å².